The summed E-state index contributed by atoms with van der Waals surface area (Å²) in [6, 6.07) is 16.9. The SMILES string of the molecule is Cc1cc(C(=O)Nc2ccccc2C(=O)O)ccc1Oc1ccccc1F. The largest absolute Gasteiger partial charge is 0.478 e. The number of ether oxygens (including phenoxy) is 1. The first-order valence-corrected chi connectivity index (χ1v) is 8.12. The van der Waals surface area contributed by atoms with Crippen LogP contribution in [-0.2, 0) is 0 Å². The van der Waals surface area contributed by atoms with Gasteiger partial charge in [0.25, 0.3) is 5.91 Å². The molecule has 6 heteroatoms. The van der Waals surface area contributed by atoms with Crippen LogP contribution in [0.2, 0.25) is 0 Å². The van der Waals surface area contributed by atoms with Crippen LogP contribution in [0.25, 0.3) is 0 Å². The van der Waals surface area contributed by atoms with Gasteiger partial charge in [-0.3, -0.25) is 4.79 Å². The van der Waals surface area contributed by atoms with Crippen molar-refractivity contribution < 1.29 is 23.8 Å². The lowest BCUT2D eigenvalue weighted by Gasteiger charge is -2.12. The number of carbonyl (C=O) groups is 2. The number of carbonyl (C=O) groups excluding carboxylic acids is 1. The van der Waals surface area contributed by atoms with Gasteiger partial charge in [0.2, 0.25) is 0 Å². The van der Waals surface area contributed by atoms with Crippen molar-refractivity contribution in [2.24, 2.45) is 0 Å². The van der Waals surface area contributed by atoms with Gasteiger partial charge in [-0.2, -0.15) is 0 Å². The molecule has 0 fully saturated rings. The highest BCUT2D eigenvalue weighted by atomic mass is 19.1. The molecule has 2 N–H and O–H groups in total. The van der Waals surface area contributed by atoms with Crippen molar-refractivity contribution in [3.63, 3.8) is 0 Å². The van der Waals surface area contributed by atoms with Crippen LogP contribution in [0.1, 0.15) is 26.3 Å². The average Bonchev–Trinajstić information content (AvgIpc) is 2.65. The van der Waals surface area contributed by atoms with E-state index < -0.39 is 17.7 Å². The highest BCUT2D eigenvalue weighted by Gasteiger charge is 2.14. The summed E-state index contributed by atoms with van der Waals surface area (Å²) in [7, 11) is 0. The Morgan fingerprint density at radius 1 is 0.963 bits per heavy atom. The van der Waals surface area contributed by atoms with E-state index >= 15 is 0 Å². The molecule has 0 saturated carbocycles. The third kappa shape index (κ3) is 4.12. The maximum atomic E-state index is 13.7. The van der Waals surface area contributed by atoms with Gasteiger partial charge in [-0.15, -0.1) is 0 Å². The van der Waals surface area contributed by atoms with Crippen molar-refractivity contribution in [3.8, 4) is 11.5 Å². The van der Waals surface area contributed by atoms with E-state index in [9.17, 15) is 19.1 Å². The molecule has 0 aliphatic carbocycles. The lowest BCUT2D eigenvalue weighted by atomic mass is 10.1. The van der Waals surface area contributed by atoms with Crippen molar-refractivity contribution in [2.45, 2.75) is 6.92 Å². The minimum atomic E-state index is -1.13. The van der Waals surface area contributed by atoms with Crippen LogP contribution in [0.15, 0.2) is 66.7 Å². The van der Waals surface area contributed by atoms with E-state index in [0.717, 1.165) is 0 Å². The Kier molecular flexibility index (Phi) is 5.17. The number of carboxylic acids is 1. The summed E-state index contributed by atoms with van der Waals surface area (Å²) >= 11 is 0. The number of nitrogens with one attached hydrogen (secondary N) is 1. The van der Waals surface area contributed by atoms with Crippen LogP contribution in [0.4, 0.5) is 10.1 Å². The summed E-state index contributed by atoms with van der Waals surface area (Å²) in [6.45, 7) is 1.73. The smallest absolute Gasteiger partial charge is 0.337 e. The highest BCUT2D eigenvalue weighted by Crippen LogP contribution is 2.28. The maximum Gasteiger partial charge on any atom is 0.337 e. The number of halogens is 1. The van der Waals surface area contributed by atoms with Crippen LogP contribution in [0.3, 0.4) is 0 Å². The number of amides is 1. The molecular formula is C21H16FNO4. The molecule has 0 unspecified atom stereocenters. The van der Waals surface area contributed by atoms with E-state index in [1.807, 2.05) is 0 Å². The fourth-order valence-electron chi connectivity index (χ4n) is 2.52. The molecule has 0 bridgehead atoms. The predicted molar refractivity (Wildman–Crippen MR) is 99.0 cm³/mol. The molecule has 3 rings (SSSR count). The van der Waals surface area contributed by atoms with Gasteiger partial charge in [-0.25, -0.2) is 9.18 Å². The molecule has 0 aliphatic rings. The van der Waals surface area contributed by atoms with Crippen molar-refractivity contribution in [3.05, 3.63) is 89.2 Å². The molecule has 136 valence electrons. The Morgan fingerprint density at radius 2 is 1.67 bits per heavy atom. The number of hydrogen-bond donors (Lipinski definition) is 2. The Balaban J connectivity index is 1.80. The van der Waals surface area contributed by atoms with Crippen LogP contribution in [0, 0.1) is 12.7 Å². The second kappa shape index (κ2) is 7.70. The molecule has 5 nitrogen and oxygen atoms in total. The van der Waals surface area contributed by atoms with Crippen LogP contribution < -0.4 is 10.1 Å². The third-order valence-corrected chi connectivity index (χ3v) is 3.90. The lowest BCUT2D eigenvalue weighted by molar-refractivity contribution is 0.0698. The zero-order chi connectivity index (χ0) is 19.4. The lowest BCUT2D eigenvalue weighted by Crippen LogP contribution is -2.15. The topological polar surface area (TPSA) is 75.6 Å². The Hall–Kier alpha value is -3.67. The van der Waals surface area contributed by atoms with Gasteiger partial charge < -0.3 is 15.2 Å². The first-order valence-electron chi connectivity index (χ1n) is 8.12. The van der Waals surface area contributed by atoms with Crippen LogP contribution >= 0.6 is 0 Å². The predicted octanol–water partition coefficient (Wildman–Crippen LogP) is 4.88. The van der Waals surface area contributed by atoms with Gasteiger partial charge >= 0.3 is 5.97 Å². The summed E-state index contributed by atoms with van der Waals surface area (Å²) < 4.78 is 19.3. The minimum absolute atomic E-state index is 0.00192. The van der Waals surface area contributed by atoms with Gasteiger partial charge in [0.1, 0.15) is 5.75 Å². The summed E-state index contributed by atoms with van der Waals surface area (Å²) in [6.07, 6.45) is 0. The molecule has 0 heterocycles. The molecule has 0 saturated heterocycles. The van der Waals surface area contributed by atoms with Crippen molar-refractivity contribution in [1.29, 1.82) is 0 Å². The monoisotopic (exact) mass is 365 g/mol. The molecule has 0 atom stereocenters. The first kappa shape index (κ1) is 18.1. The quantitative estimate of drug-likeness (QED) is 0.676. The molecule has 0 aliphatic heterocycles. The number of hydrogen-bond acceptors (Lipinski definition) is 3. The fourth-order valence-corrected chi connectivity index (χ4v) is 2.52. The standard InChI is InChI=1S/C21H16FNO4/c1-13-12-14(10-11-18(13)27-19-9-5-3-7-16(19)22)20(24)23-17-8-4-2-6-15(17)21(25)26/h2-12H,1H3,(H,23,24)(H,25,26). The molecule has 3 aromatic rings. The summed E-state index contributed by atoms with van der Waals surface area (Å²) in [4.78, 5) is 23.7. The summed E-state index contributed by atoms with van der Waals surface area (Å²) in [5.74, 6) is -1.56. The number of aromatic carboxylic acids is 1. The number of carboxylic acid groups (broad SMARTS) is 1. The van der Waals surface area contributed by atoms with Crippen LogP contribution in [-0.4, -0.2) is 17.0 Å². The Labute approximate surface area is 155 Å². The van der Waals surface area contributed by atoms with E-state index in [1.165, 1.54) is 30.3 Å². The molecule has 0 radical (unpaired) electrons. The second-order valence-electron chi connectivity index (χ2n) is 5.82. The third-order valence-electron chi connectivity index (χ3n) is 3.90. The first-order chi connectivity index (χ1) is 13.0. The average molecular weight is 365 g/mol. The molecular weight excluding hydrogens is 349 g/mol. The second-order valence-corrected chi connectivity index (χ2v) is 5.82. The van der Waals surface area contributed by atoms with Crippen LogP contribution in [0.5, 0.6) is 11.5 Å². The van der Waals surface area contributed by atoms with E-state index in [-0.39, 0.29) is 17.0 Å². The molecule has 1 amide bonds. The highest BCUT2D eigenvalue weighted by molar-refractivity contribution is 6.07. The Morgan fingerprint density at radius 3 is 2.37 bits per heavy atom. The zero-order valence-corrected chi connectivity index (χ0v) is 14.4. The number of aryl methyl sites for hydroxylation is 1. The van der Waals surface area contributed by atoms with Gasteiger partial charge in [0, 0.05) is 5.56 Å². The van der Waals surface area contributed by atoms with Gasteiger partial charge in [0.05, 0.1) is 11.3 Å². The van der Waals surface area contributed by atoms with E-state index in [4.69, 9.17) is 4.74 Å². The molecule has 3 aromatic carbocycles. The van der Waals surface area contributed by atoms with E-state index in [2.05, 4.69) is 5.32 Å². The van der Waals surface area contributed by atoms with Crippen molar-refractivity contribution in [2.75, 3.05) is 5.32 Å². The molecule has 0 spiro atoms. The number of benzene rings is 3. The fraction of sp³-hybridized carbons (Fsp3) is 0.0476. The minimum Gasteiger partial charge on any atom is -0.478 e. The zero-order valence-electron chi connectivity index (χ0n) is 14.4. The van der Waals surface area contributed by atoms with E-state index in [0.29, 0.717) is 16.9 Å². The Bertz CT molecular complexity index is 1020. The maximum absolute atomic E-state index is 13.7. The number of anilines is 1. The van der Waals surface area contributed by atoms with E-state index in [1.54, 1.807) is 43.3 Å². The molecule has 27 heavy (non-hydrogen) atoms. The van der Waals surface area contributed by atoms with Crippen molar-refractivity contribution >= 4 is 17.6 Å². The summed E-state index contributed by atoms with van der Waals surface area (Å²) in [5.41, 5.74) is 1.17. The van der Waals surface area contributed by atoms with Gasteiger partial charge in [-0.05, 0) is 55.0 Å². The number of para-hydroxylation sites is 2. The normalized spacial score (nSPS) is 10.3. The number of rotatable bonds is 5. The summed E-state index contributed by atoms with van der Waals surface area (Å²) in [5, 5.41) is 11.8. The van der Waals surface area contributed by atoms with Gasteiger partial charge in [0.15, 0.2) is 11.6 Å². The van der Waals surface area contributed by atoms with Gasteiger partial charge in [-0.1, -0.05) is 24.3 Å². The molecule has 0 aromatic heterocycles. The van der Waals surface area contributed by atoms with Crippen molar-refractivity contribution in [1.82, 2.24) is 0 Å².